The summed E-state index contributed by atoms with van der Waals surface area (Å²) in [5.74, 6) is 1.49. The van der Waals surface area contributed by atoms with Crippen molar-refractivity contribution in [2.24, 2.45) is 0 Å². The maximum absolute atomic E-state index is 10.7. The second-order valence-electron chi connectivity index (χ2n) is 7.57. The number of methoxy groups -OCH3 is 2. The Balaban J connectivity index is 1.91. The lowest BCUT2D eigenvalue weighted by molar-refractivity contribution is 0.0840. The van der Waals surface area contributed by atoms with Gasteiger partial charge in [-0.15, -0.1) is 0 Å². The Bertz CT molecular complexity index is 749. The smallest absolute Gasteiger partial charge is 0.125 e. The van der Waals surface area contributed by atoms with Crippen LogP contribution in [-0.2, 0) is 18.5 Å². The standard InChI is InChI=1S/C19H27N3O3/c1-19(2,3)18-12(8-20-21-18)9-22-10-13-15(24-4)6-7-16(25-5)17(13)14(23)11-22/h6-8,14,23H,9-11H2,1-5H3,(H,20,21)/t14-/m1/s1. The van der Waals surface area contributed by atoms with Crippen LogP contribution in [0.1, 0.15) is 49.3 Å². The second kappa shape index (κ2) is 6.69. The van der Waals surface area contributed by atoms with Crippen molar-refractivity contribution >= 4 is 0 Å². The summed E-state index contributed by atoms with van der Waals surface area (Å²) in [4.78, 5) is 2.22. The summed E-state index contributed by atoms with van der Waals surface area (Å²) in [6, 6.07) is 3.75. The third kappa shape index (κ3) is 3.37. The maximum Gasteiger partial charge on any atom is 0.125 e. The molecule has 2 heterocycles. The molecular formula is C19H27N3O3. The van der Waals surface area contributed by atoms with Crippen LogP contribution in [0.4, 0.5) is 0 Å². The predicted molar refractivity (Wildman–Crippen MR) is 95.9 cm³/mol. The van der Waals surface area contributed by atoms with Crippen molar-refractivity contribution in [1.29, 1.82) is 0 Å². The molecule has 1 aliphatic rings. The first-order valence-corrected chi connectivity index (χ1v) is 8.52. The number of nitrogens with zero attached hydrogens (tertiary/aromatic N) is 2. The molecule has 0 amide bonds. The summed E-state index contributed by atoms with van der Waals surface area (Å²) >= 11 is 0. The van der Waals surface area contributed by atoms with Crippen molar-refractivity contribution in [3.05, 3.63) is 40.7 Å². The molecule has 0 spiro atoms. The normalized spacial score (nSPS) is 18.1. The van der Waals surface area contributed by atoms with Gasteiger partial charge in [-0.25, -0.2) is 0 Å². The number of benzene rings is 1. The zero-order valence-corrected chi connectivity index (χ0v) is 15.6. The van der Waals surface area contributed by atoms with Crippen LogP contribution in [0.2, 0.25) is 0 Å². The summed E-state index contributed by atoms with van der Waals surface area (Å²) in [7, 11) is 3.28. The van der Waals surface area contributed by atoms with Gasteiger partial charge in [-0.3, -0.25) is 10.00 Å². The summed E-state index contributed by atoms with van der Waals surface area (Å²) in [6.07, 6.45) is 1.27. The number of aliphatic hydroxyl groups is 1. The molecule has 2 N–H and O–H groups in total. The quantitative estimate of drug-likeness (QED) is 0.892. The van der Waals surface area contributed by atoms with Crippen LogP contribution in [-0.4, -0.2) is 41.0 Å². The van der Waals surface area contributed by atoms with E-state index in [1.54, 1.807) is 14.2 Å². The van der Waals surface area contributed by atoms with E-state index in [1.807, 2.05) is 18.3 Å². The Morgan fingerprint density at radius 2 is 1.92 bits per heavy atom. The first-order chi connectivity index (χ1) is 11.8. The average Bonchev–Trinajstić information content (AvgIpc) is 3.02. The molecule has 0 bridgehead atoms. The van der Waals surface area contributed by atoms with E-state index in [-0.39, 0.29) is 5.41 Å². The van der Waals surface area contributed by atoms with Gasteiger partial charge in [0.25, 0.3) is 0 Å². The van der Waals surface area contributed by atoms with E-state index in [4.69, 9.17) is 9.47 Å². The van der Waals surface area contributed by atoms with Crippen LogP contribution in [0, 0.1) is 0 Å². The van der Waals surface area contributed by atoms with Gasteiger partial charge in [0.2, 0.25) is 0 Å². The third-order valence-corrected chi connectivity index (χ3v) is 4.72. The predicted octanol–water partition coefficient (Wildman–Crippen LogP) is 2.77. The first-order valence-electron chi connectivity index (χ1n) is 8.52. The average molecular weight is 345 g/mol. The number of ether oxygens (including phenoxy) is 2. The van der Waals surface area contributed by atoms with E-state index >= 15 is 0 Å². The van der Waals surface area contributed by atoms with Gasteiger partial charge in [0.15, 0.2) is 0 Å². The second-order valence-corrected chi connectivity index (χ2v) is 7.57. The Kier molecular flexibility index (Phi) is 4.75. The lowest BCUT2D eigenvalue weighted by atomic mass is 9.89. The number of H-pyrrole nitrogens is 1. The summed E-state index contributed by atoms with van der Waals surface area (Å²) in [5.41, 5.74) is 4.11. The van der Waals surface area contributed by atoms with Crippen molar-refractivity contribution in [2.75, 3.05) is 20.8 Å². The van der Waals surface area contributed by atoms with Crippen molar-refractivity contribution in [3.63, 3.8) is 0 Å². The minimum Gasteiger partial charge on any atom is -0.496 e. The van der Waals surface area contributed by atoms with Crippen molar-refractivity contribution in [3.8, 4) is 11.5 Å². The van der Waals surface area contributed by atoms with Gasteiger partial charge >= 0.3 is 0 Å². The fourth-order valence-electron chi connectivity index (χ4n) is 3.59. The van der Waals surface area contributed by atoms with Gasteiger partial charge < -0.3 is 14.6 Å². The van der Waals surface area contributed by atoms with E-state index in [0.29, 0.717) is 18.8 Å². The highest BCUT2D eigenvalue weighted by atomic mass is 16.5. The summed E-state index contributed by atoms with van der Waals surface area (Å²) in [5, 5.41) is 18.1. The highest BCUT2D eigenvalue weighted by molar-refractivity contribution is 5.51. The molecule has 0 fully saturated rings. The topological polar surface area (TPSA) is 70.6 Å². The molecule has 0 saturated heterocycles. The van der Waals surface area contributed by atoms with Crippen molar-refractivity contribution in [2.45, 2.75) is 45.4 Å². The zero-order chi connectivity index (χ0) is 18.2. The SMILES string of the molecule is COc1ccc(OC)c2c1CN(Cc1cn[nH]c1C(C)(C)C)C[C@H]2O. The maximum atomic E-state index is 10.7. The Morgan fingerprint density at radius 3 is 2.56 bits per heavy atom. The number of rotatable bonds is 4. The highest BCUT2D eigenvalue weighted by Gasteiger charge is 2.31. The molecule has 0 aliphatic carbocycles. The Labute approximate surface area is 148 Å². The Hall–Kier alpha value is -2.05. The minimum atomic E-state index is -0.612. The molecular weight excluding hydrogens is 318 g/mol. The monoisotopic (exact) mass is 345 g/mol. The number of hydrogen-bond acceptors (Lipinski definition) is 5. The molecule has 1 aromatic carbocycles. The van der Waals surface area contributed by atoms with E-state index in [0.717, 1.165) is 34.7 Å². The lowest BCUT2D eigenvalue weighted by Gasteiger charge is -2.34. The largest absolute Gasteiger partial charge is 0.496 e. The van der Waals surface area contributed by atoms with Gasteiger partial charge in [0.1, 0.15) is 11.5 Å². The molecule has 1 aromatic heterocycles. The van der Waals surface area contributed by atoms with Gasteiger partial charge in [0, 0.05) is 47.4 Å². The molecule has 0 saturated carbocycles. The summed E-state index contributed by atoms with van der Waals surface area (Å²) in [6.45, 7) is 8.46. The number of β-amino-alcohol motifs (C(OH)–C–C–N with tert-alkyl or cyclic N) is 1. The van der Waals surface area contributed by atoms with Crippen LogP contribution in [0.15, 0.2) is 18.3 Å². The number of nitrogens with one attached hydrogen (secondary N) is 1. The van der Waals surface area contributed by atoms with Gasteiger partial charge in [-0.2, -0.15) is 5.10 Å². The molecule has 25 heavy (non-hydrogen) atoms. The van der Waals surface area contributed by atoms with Gasteiger partial charge in [0.05, 0.1) is 26.5 Å². The van der Waals surface area contributed by atoms with Crippen molar-refractivity contribution in [1.82, 2.24) is 15.1 Å². The van der Waals surface area contributed by atoms with E-state index < -0.39 is 6.10 Å². The fourth-order valence-corrected chi connectivity index (χ4v) is 3.59. The number of aromatic amines is 1. The van der Waals surface area contributed by atoms with Crippen LogP contribution in [0.5, 0.6) is 11.5 Å². The molecule has 2 aromatic rings. The molecule has 1 aliphatic heterocycles. The van der Waals surface area contributed by atoms with E-state index in [1.165, 1.54) is 0 Å². The van der Waals surface area contributed by atoms with E-state index in [9.17, 15) is 5.11 Å². The number of fused-ring (bicyclic) bond motifs is 1. The molecule has 136 valence electrons. The third-order valence-electron chi connectivity index (χ3n) is 4.72. The van der Waals surface area contributed by atoms with Crippen LogP contribution in [0.3, 0.4) is 0 Å². The lowest BCUT2D eigenvalue weighted by Crippen LogP contribution is -2.34. The van der Waals surface area contributed by atoms with Crippen LogP contribution in [0.25, 0.3) is 0 Å². The number of hydrogen-bond donors (Lipinski definition) is 2. The molecule has 6 nitrogen and oxygen atoms in total. The summed E-state index contributed by atoms with van der Waals surface area (Å²) < 4.78 is 10.9. The van der Waals surface area contributed by atoms with Gasteiger partial charge in [-0.1, -0.05) is 20.8 Å². The highest BCUT2D eigenvalue weighted by Crippen LogP contribution is 2.40. The minimum absolute atomic E-state index is 0.000939. The van der Waals surface area contributed by atoms with Crippen molar-refractivity contribution < 1.29 is 14.6 Å². The Morgan fingerprint density at radius 1 is 1.24 bits per heavy atom. The van der Waals surface area contributed by atoms with Crippen LogP contribution < -0.4 is 9.47 Å². The number of aliphatic hydroxyl groups excluding tert-OH is 1. The first kappa shape index (κ1) is 17.8. The molecule has 3 rings (SSSR count). The zero-order valence-electron chi connectivity index (χ0n) is 15.6. The fraction of sp³-hybridized carbons (Fsp3) is 0.526. The van der Waals surface area contributed by atoms with E-state index in [2.05, 4.69) is 35.9 Å². The molecule has 0 unspecified atom stereocenters. The van der Waals surface area contributed by atoms with Crippen LogP contribution >= 0.6 is 0 Å². The molecule has 0 radical (unpaired) electrons. The number of aromatic nitrogens is 2. The van der Waals surface area contributed by atoms with Gasteiger partial charge in [-0.05, 0) is 12.1 Å². The molecule has 6 heteroatoms. The molecule has 1 atom stereocenters.